The Balaban J connectivity index is 2.33. The third-order valence-electron chi connectivity index (χ3n) is 2.63. The van der Waals surface area contributed by atoms with E-state index in [-0.39, 0.29) is 11.5 Å². The highest BCUT2D eigenvalue weighted by molar-refractivity contribution is 5.13. The molecule has 0 saturated carbocycles. The van der Waals surface area contributed by atoms with E-state index in [1.807, 2.05) is 13.8 Å². The van der Waals surface area contributed by atoms with Gasteiger partial charge in [0.1, 0.15) is 5.82 Å². The summed E-state index contributed by atoms with van der Waals surface area (Å²) >= 11 is 0. The molecule has 5 heteroatoms. The predicted molar refractivity (Wildman–Crippen MR) is 47.3 cm³/mol. The molecule has 1 aromatic rings. The zero-order valence-corrected chi connectivity index (χ0v) is 7.87. The number of hydrogen-bond donors (Lipinski definition) is 2. The molecular formula is C8H14N4O. The number of aryl methyl sites for hydroxylation is 1. The minimum Gasteiger partial charge on any atom is -0.379 e. The standard InChI is InChI=1S/C8H14N4O/c1-5-10-7(12-11-5)8(2)4-13-3-6(8)9/h6H,3-4,9H2,1-2H3,(H,10,11,12). The fraction of sp³-hybridized carbons (Fsp3) is 0.750. The van der Waals surface area contributed by atoms with Gasteiger partial charge in [0, 0.05) is 6.04 Å². The van der Waals surface area contributed by atoms with Crippen LogP contribution in [0.3, 0.4) is 0 Å². The van der Waals surface area contributed by atoms with Crippen LogP contribution in [0.25, 0.3) is 0 Å². The molecule has 0 aliphatic carbocycles. The molecule has 0 aromatic carbocycles. The smallest absolute Gasteiger partial charge is 0.160 e. The van der Waals surface area contributed by atoms with Crippen LogP contribution in [0.15, 0.2) is 0 Å². The average molecular weight is 182 g/mol. The maximum Gasteiger partial charge on any atom is 0.160 e. The summed E-state index contributed by atoms with van der Waals surface area (Å²) in [5, 5.41) is 6.94. The highest BCUT2D eigenvalue weighted by Gasteiger charge is 2.42. The van der Waals surface area contributed by atoms with E-state index in [2.05, 4.69) is 15.2 Å². The van der Waals surface area contributed by atoms with Crippen molar-refractivity contribution < 1.29 is 4.74 Å². The second-order valence-electron chi connectivity index (χ2n) is 3.78. The van der Waals surface area contributed by atoms with Crippen LogP contribution < -0.4 is 5.73 Å². The molecule has 1 aliphatic heterocycles. The van der Waals surface area contributed by atoms with Crippen molar-refractivity contribution in [3.63, 3.8) is 0 Å². The molecule has 2 heterocycles. The van der Waals surface area contributed by atoms with Gasteiger partial charge in [-0.1, -0.05) is 0 Å². The van der Waals surface area contributed by atoms with Crippen LogP contribution in [0.2, 0.25) is 0 Å². The lowest BCUT2D eigenvalue weighted by molar-refractivity contribution is 0.178. The van der Waals surface area contributed by atoms with Crippen molar-refractivity contribution in [2.75, 3.05) is 13.2 Å². The van der Waals surface area contributed by atoms with Crippen LogP contribution in [0, 0.1) is 6.92 Å². The Labute approximate surface area is 76.7 Å². The molecule has 1 aromatic heterocycles. The first-order valence-electron chi connectivity index (χ1n) is 4.36. The molecule has 2 unspecified atom stereocenters. The summed E-state index contributed by atoms with van der Waals surface area (Å²) in [6.07, 6.45) is 0. The second-order valence-corrected chi connectivity index (χ2v) is 3.78. The molecule has 0 bridgehead atoms. The Kier molecular flexibility index (Phi) is 1.85. The van der Waals surface area contributed by atoms with E-state index < -0.39 is 0 Å². The fourth-order valence-electron chi connectivity index (χ4n) is 1.52. The first-order valence-corrected chi connectivity index (χ1v) is 4.36. The molecule has 0 radical (unpaired) electrons. The lowest BCUT2D eigenvalue weighted by atomic mass is 9.85. The van der Waals surface area contributed by atoms with Gasteiger partial charge in [-0.05, 0) is 13.8 Å². The van der Waals surface area contributed by atoms with E-state index in [0.717, 1.165) is 11.6 Å². The zero-order valence-electron chi connectivity index (χ0n) is 7.87. The minimum absolute atomic E-state index is 0.0114. The van der Waals surface area contributed by atoms with Crippen molar-refractivity contribution in [1.82, 2.24) is 15.2 Å². The highest BCUT2D eigenvalue weighted by Crippen LogP contribution is 2.28. The summed E-state index contributed by atoms with van der Waals surface area (Å²) in [6, 6.07) is -0.0114. The molecule has 2 rings (SSSR count). The summed E-state index contributed by atoms with van der Waals surface area (Å²) in [5.41, 5.74) is 5.70. The van der Waals surface area contributed by atoms with Crippen LogP contribution in [-0.2, 0) is 10.2 Å². The number of H-pyrrole nitrogens is 1. The summed E-state index contributed by atoms with van der Waals surface area (Å²) in [5.74, 6) is 1.57. The third-order valence-corrected chi connectivity index (χ3v) is 2.63. The summed E-state index contributed by atoms with van der Waals surface area (Å²) in [6.45, 7) is 5.10. The molecule has 5 nitrogen and oxygen atoms in total. The molecule has 1 saturated heterocycles. The number of aromatic amines is 1. The maximum atomic E-state index is 5.94. The lowest BCUT2D eigenvalue weighted by Gasteiger charge is -2.22. The molecule has 0 spiro atoms. The van der Waals surface area contributed by atoms with E-state index in [4.69, 9.17) is 10.5 Å². The van der Waals surface area contributed by atoms with Crippen LogP contribution in [-0.4, -0.2) is 34.4 Å². The molecule has 13 heavy (non-hydrogen) atoms. The van der Waals surface area contributed by atoms with E-state index in [0.29, 0.717) is 13.2 Å². The van der Waals surface area contributed by atoms with E-state index in [1.54, 1.807) is 0 Å². The highest BCUT2D eigenvalue weighted by atomic mass is 16.5. The number of nitrogens with zero attached hydrogens (tertiary/aromatic N) is 2. The van der Waals surface area contributed by atoms with Crippen molar-refractivity contribution in [3.05, 3.63) is 11.6 Å². The van der Waals surface area contributed by atoms with Gasteiger partial charge >= 0.3 is 0 Å². The molecule has 1 aliphatic rings. The maximum absolute atomic E-state index is 5.94. The van der Waals surface area contributed by atoms with Crippen molar-refractivity contribution in [3.8, 4) is 0 Å². The first kappa shape index (κ1) is 8.65. The van der Waals surface area contributed by atoms with Gasteiger partial charge in [0.15, 0.2) is 5.82 Å². The third kappa shape index (κ3) is 1.24. The second kappa shape index (κ2) is 2.78. The van der Waals surface area contributed by atoms with E-state index >= 15 is 0 Å². The number of nitrogens with one attached hydrogen (secondary N) is 1. The van der Waals surface area contributed by atoms with Gasteiger partial charge in [0.05, 0.1) is 18.6 Å². The van der Waals surface area contributed by atoms with Crippen LogP contribution in [0.4, 0.5) is 0 Å². The van der Waals surface area contributed by atoms with E-state index in [1.165, 1.54) is 0 Å². The monoisotopic (exact) mass is 182 g/mol. The van der Waals surface area contributed by atoms with Crippen LogP contribution >= 0.6 is 0 Å². The van der Waals surface area contributed by atoms with Crippen LogP contribution in [0.5, 0.6) is 0 Å². The van der Waals surface area contributed by atoms with Crippen LogP contribution in [0.1, 0.15) is 18.6 Å². The Morgan fingerprint density at radius 3 is 2.92 bits per heavy atom. The molecule has 2 atom stereocenters. The number of aromatic nitrogens is 3. The molecule has 3 N–H and O–H groups in total. The van der Waals surface area contributed by atoms with Gasteiger partial charge in [-0.3, -0.25) is 5.10 Å². The van der Waals surface area contributed by atoms with Crippen molar-refractivity contribution >= 4 is 0 Å². The number of ether oxygens (including phenoxy) is 1. The van der Waals surface area contributed by atoms with Gasteiger partial charge in [-0.25, -0.2) is 4.98 Å². The van der Waals surface area contributed by atoms with Gasteiger partial charge in [0.2, 0.25) is 0 Å². The fourth-order valence-corrected chi connectivity index (χ4v) is 1.52. The molecule has 72 valence electrons. The average Bonchev–Trinajstić information content (AvgIpc) is 2.62. The normalized spacial score (nSPS) is 33.9. The Morgan fingerprint density at radius 2 is 2.46 bits per heavy atom. The topological polar surface area (TPSA) is 76.8 Å². The van der Waals surface area contributed by atoms with Gasteiger partial charge in [-0.15, -0.1) is 0 Å². The number of nitrogens with two attached hydrogens (primary N) is 1. The number of rotatable bonds is 1. The minimum atomic E-state index is -0.231. The SMILES string of the molecule is Cc1nc(C2(C)COCC2N)n[nH]1. The first-order chi connectivity index (χ1) is 6.13. The summed E-state index contributed by atoms with van der Waals surface area (Å²) in [7, 11) is 0. The summed E-state index contributed by atoms with van der Waals surface area (Å²) in [4.78, 5) is 4.29. The van der Waals surface area contributed by atoms with Crippen molar-refractivity contribution in [2.45, 2.75) is 25.3 Å². The Hall–Kier alpha value is -0.940. The van der Waals surface area contributed by atoms with Gasteiger partial charge in [0.25, 0.3) is 0 Å². The summed E-state index contributed by atoms with van der Waals surface area (Å²) < 4.78 is 5.32. The predicted octanol–water partition coefficient (Wildman–Crippen LogP) is -0.272. The largest absolute Gasteiger partial charge is 0.379 e. The molecular weight excluding hydrogens is 168 g/mol. The Bertz CT molecular complexity index is 311. The lowest BCUT2D eigenvalue weighted by Crippen LogP contribution is -2.42. The Morgan fingerprint density at radius 1 is 1.69 bits per heavy atom. The van der Waals surface area contributed by atoms with Gasteiger partial charge in [-0.2, -0.15) is 5.10 Å². The molecule has 0 amide bonds. The van der Waals surface area contributed by atoms with Crippen molar-refractivity contribution in [2.24, 2.45) is 5.73 Å². The van der Waals surface area contributed by atoms with Gasteiger partial charge < -0.3 is 10.5 Å². The quantitative estimate of drug-likeness (QED) is 0.626. The van der Waals surface area contributed by atoms with Crippen molar-refractivity contribution in [1.29, 1.82) is 0 Å². The zero-order chi connectivity index (χ0) is 9.47. The molecule has 1 fully saturated rings. The van der Waals surface area contributed by atoms with E-state index in [9.17, 15) is 0 Å². The number of hydrogen-bond acceptors (Lipinski definition) is 4.